The zero-order chi connectivity index (χ0) is 15.6. The molecule has 21 heavy (non-hydrogen) atoms. The van der Waals surface area contributed by atoms with E-state index >= 15 is 0 Å². The molecule has 1 aromatic carbocycles. The Morgan fingerprint density at radius 2 is 1.95 bits per heavy atom. The van der Waals surface area contributed by atoms with Crippen LogP contribution in [0.2, 0.25) is 5.02 Å². The van der Waals surface area contributed by atoms with Gasteiger partial charge in [0, 0.05) is 22.1 Å². The SMILES string of the molecule is CC(C)(C)C1CCN(C(CN)c2cc(Br)ccc2Cl)CC1. The molecule has 0 aromatic heterocycles. The highest BCUT2D eigenvalue weighted by molar-refractivity contribution is 9.10. The molecule has 4 heteroatoms. The van der Waals surface area contributed by atoms with Crippen LogP contribution in [-0.2, 0) is 0 Å². The Labute approximate surface area is 142 Å². The summed E-state index contributed by atoms with van der Waals surface area (Å²) in [7, 11) is 0. The molecule has 0 saturated carbocycles. The highest BCUT2D eigenvalue weighted by atomic mass is 79.9. The van der Waals surface area contributed by atoms with E-state index in [-0.39, 0.29) is 6.04 Å². The van der Waals surface area contributed by atoms with Crippen molar-refractivity contribution < 1.29 is 0 Å². The van der Waals surface area contributed by atoms with Gasteiger partial charge in [-0.15, -0.1) is 0 Å². The normalized spacial score (nSPS) is 19.7. The van der Waals surface area contributed by atoms with Crippen LogP contribution in [0.25, 0.3) is 0 Å². The van der Waals surface area contributed by atoms with Crippen molar-refractivity contribution in [3.63, 3.8) is 0 Å². The number of halogens is 2. The maximum Gasteiger partial charge on any atom is 0.0485 e. The van der Waals surface area contributed by atoms with Crippen molar-refractivity contribution in [3.8, 4) is 0 Å². The van der Waals surface area contributed by atoms with Gasteiger partial charge in [0.05, 0.1) is 0 Å². The number of nitrogens with two attached hydrogens (primary N) is 1. The average molecular weight is 374 g/mol. The summed E-state index contributed by atoms with van der Waals surface area (Å²) < 4.78 is 1.06. The van der Waals surface area contributed by atoms with Crippen LogP contribution in [0.3, 0.4) is 0 Å². The van der Waals surface area contributed by atoms with Crippen LogP contribution in [0.1, 0.15) is 45.2 Å². The minimum Gasteiger partial charge on any atom is -0.329 e. The Hall–Kier alpha value is -0.0900. The predicted octanol–water partition coefficient (Wildman–Crippen LogP) is 4.86. The van der Waals surface area contributed by atoms with Gasteiger partial charge in [-0.3, -0.25) is 4.90 Å². The maximum absolute atomic E-state index is 6.39. The van der Waals surface area contributed by atoms with Gasteiger partial charge in [-0.25, -0.2) is 0 Å². The summed E-state index contributed by atoms with van der Waals surface area (Å²) in [4.78, 5) is 2.50. The van der Waals surface area contributed by atoms with Crippen molar-refractivity contribution >= 4 is 27.5 Å². The molecule has 1 saturated heterocycles. The Morgan fingerprint density at radius 3 is 2.48 bits per heavy atom. The Bertz CT molecular complexity index is 476. The van der Waals surface area contributed by atoms with Crippen LogP contribution in [0.4, 0.5) is 0 Å². The second kappa shape index (κ2) is 6.99. The molecule has 118 valence electrons. The van der Waals surface area contributed by atoms with Crippen LogP contribution < -0.4 is 5.73 Å². The number of rotatable bonds is 3. The third kappa shape index (κ3) is 4.22. The molecule has 1 atom stereocenters. The number of benzene rings is 1. The van der Waals surface area contributed by atoms with Crippen molar-refractivity contribution in [2.24, 2.45) is 17.1 Å². The molecular formula is C17H26BrClN2. The lowest BCUT2D eigenvalue weighted by Gasteiger charge is -2.42. The third-order valence-corrected chi connectivity index (χ3v) is 5.57. The number of piperidine rings is 1. The molecule has 0 spiro atoms. The van der Waals surface area contributed by atoms with Gasteiger partial charge in [-0.1, -0.05) is 48.3 Å². The Morgan fingerprint density at radius 1 is 1.33 bits per heavy atom. The standard InChI is InChI=1S/C17H26BrClN2/c1-17(2,3)12-6-8-21(9-7-12)16(11-20)14-10-13(18)4-5-15(14)19/h4-5,10,12,16H,6-9,11,20H2,1-3H3. The monoisotopic (exact) mass is 372 g/mol. The topological polar surface area (TPSA) is 29.3 Å². The van der Waals surface area contributed by atoms with Gasteiger partial charge in [0.1, 0.15) is 0 Å². The second-order valence-corrected chi connectivity index (χ2v) is 8.42. The van der Waals surface area contributed by atoms with Crippen molar-refractivity contribution in [2.75, 3.05) is 19.6 Å². The lowest BCUT2D eigenvalue weighted by molar-refractivity contribution is 0.0846. The van der Waals surface area contributed by atoms with E-state index in [0.717, 1.165) is 34.1 Å². The van der Waals surface area contributed by atoms with Crippen molar-refractivity contribution in [2.45, 2.75) is 39.7 Å². The summed E-state index contributed by atoms with van der Waals surface area (Å²) in [5.74, 6) is 0.796. The molecule has 1 unspecified atom stereocenters. The molecule has 1 heterocycles. The molecule has 0 bridgehead atoms. The van der Waals surface area contributed by atoms with Crippen LogP contribution in [-0.4, -0.2) is 24.5 Å². The van der Waals surface area contributed by atoms with Crippen molar-refractivity contribution in [1.29, 1.82) is 0 Å². The van der Waals surface area contributed by atoms with E-state index in [1.807, 2.05) is 12.1 Å². The minimum atomic E-state index is 0.218. The molecular weight excluding hydrogens is 348 g/mol. The summed E-state index contributed by atoms with van der Waals surface area (Å²) in [6.45, 7) is 9.85. The van der Waals surface area contributed by atoms with E-state index in [4.69, 9.17) is 17.3 Å². The van der Waals surface area contributed by atoms with Crippen LogP contribution >= 0.6 is 27.5 Å². The largest absolute Gasteiger partial charge is 0.329 e. The molecule has 2 nitrogen and oxygen atoms in total. The highest BCUT2D eigenvalue weighted by Crippen LogP contribution is 2.37. The van der Waals surface area contributed by atoms with Gasteiger partial charge in [0.25, 0.3) is 0 Å². The van der Waals surface area contributed by atoms with Crippen LogP contribution in [0.15, 0.2) is 22.7 Å². The van der Waals surface area contributed by atoms with Crippen LogP contribution in [0.5, 0.6) is 0 Å². The number of likely N-dealkylation sites (tertiary alicyclic amines) is 1. The maximum atomic E-state index is 6.39. The fraction of sp³-hybridized carbons (Fsp3) is 0.647. The van der Waals surface area contributed by atoms with Gasteiger partial charge < -0.3 is 5.73 Å². The van der Waals surface area contributed by atoms with Gasteiger partial charge >= 0.3 is 0 Å². The molecule has 2 rings (SSSR count). The summed E-state index contributed by atoms with van der Waals surface area (Å²) in [6.07, 6.45) is 2.48. The first-order valence-corrected chi connectivity index (χ1v) is 8.89. The molecule has 1 aliphatic rings. The van der Waals surface area contributed by atoms with Crippen molar-refractivity contribution in [1.82, 2.24) is 4.90 Å². The van der Waals surface area contributed by atoms with E-state index in [2.05, 4.69) is 47.7 Å². The number of nitrogens with zero attached hydrogens (tertiary/aromatic N) is 1. The number of hydrogen-bond donors (Lipinski definition) is 1. The fourth-order valence-electron chi connectivity index (χ4n) is 3.32. The Balaban J connectivity index is 2.11. The first-order valence-electron chi connectivity index (χ1n) is 7.72. The third-order valence-electron chi connectivity index (χ3n) is 4.74. The molecule has 1 aliphatic heterocycles. The van der Waals surface area contributed by atoms with E-state index in [1.54, 1.807) is 0 Å². The number of hydrogen-bond acceptors (Lipinski definition) is 2. The molecule has 0 aliphatic carbocycles. The van der Waals surface area contributed by atoms with Gasteiger partial charge in [0.2, 0.25) is 0 Å². The fourth-order valence-corrected chi connectivity index (χ4v) is 3.94. The molecule has 0 amide bonds. The van der Waals surface area contributed by atoms with E-state index < -0.39 is 0 Å². The van der Waals surface area contributed by atoms with Crippen molar-refractivity contribution in [3.05, 3.63) is 33.3 Å². The highest BCUT2D eigenvalue weighted by Gasteiger charge is 2.31. The lowest BCUT2D eigenvalue weighted by Crippen LogP contribution is -2.42. The van der Waals surface area contributed by atoms with E-state index in [0.29, 0.717) is 12.0 Å². The Kier molecular flexibility index (Phi) is 5.75. The molecule has 2 N–H and O–H groups in total. The molecule has 0 radical (unpaired) electrons. The average Bonchev–Trinajstić information content (AvgIpc) is 2.43. The van der Waals surface area contributed by atoms with Crippen LogP contribution in [0, 0.1) is 11.3 Å². The predicted molar refractivity (Wildman–Crippen MR) is 94.7 cm³/mol. The zero-order valence-electron chi connectivity index (χ0n) is 13.2. The summed E-state index contributed by atoms with van der Waals surface area (Å²) in [5, 5.41) is 0.812. The smallest absolute Gasteiger partial charge is 0.0485 e. The summed E-state index contributed by atoms with van der Waals surface area (Å²) >= 11 is 9.92. The lowest BCUT2D eigenvalue weighted by atomic mass is 9.75. The first-order chi connectivity index (χ1) is 9.82. The summed E-state index contributed by atoms with van der Waals surface area (Å²) in [5.41, 5.74) is 7.60. The summed E-state index contributed by atoms with van der Waals surface area (Å²) in [6, 6.07) is 6.25. The minimum absolute atomic E-state index is 0.218. The van der Waals surface area contributed by atoms with Gasteiger partial charge in [0.15, 0.2) is 0 Å². The molecule has 1 aromatic rings. The molecule has 1 fully saturated rings. The van der Waals surface area contributed by atoms with E-state index in [9.17, 15) is 0 Å². The van der Waals surface area contributed by atoms with Gasteiger partial charge in [-0.05, 0) is 61.0 Å². The quantitative estimate of drug-likeness (QED) is 0.819. The van der Waals surface area contributed by atoms with E-state index in [1.165, 1.54) is 12.8 Å². The second-order valence-electron chi connectivity index (χ2n) is 7.09. The van der Waals surface area contributed by atoms with Gasteiger partial charge in [-0.2, -0.15) is 0 Å². The zero-order valence-corrected chi connectivity index (χ0v) is 15.5. The first kappa shape index (κ1) is 17.3.